The van der Waals surface area contributed by atoms with Crippen molar-refractivity contribution in [2.75, 3.05) is 0 Å². The van der Waals surface area contributed by atoms with Gasteiger partial charge in [-0.05, 0) is 6.92 Å². The van der Waals surface area contributed by atoms with Crippen LogP contribution in [-0.4, -0.2) is 19.9 Å². The number of hydrogen-bond acceptors (Lipinski definition) is 6. The lowest BCUT2D eigenvalue weighted by Crippen LogP contribution is -1.87. The molecule has 100 valence electrons. The Labute approximate surface area is 120 Å². The summed E-state index contributed by atoms with van der Waals surface area (Å²) < 4.78 is 5.73. The van der Waals surface area contributed by atoms with E-state index < -0.39 is 0 Å². The predicted molar refractivity (Wildman–Crippen MR) is 76.1 cm³/mol. The Hall–Kier alpha value is -2.21. The number of hydrogen-bond donors (Lipinski definition) is 0. The number of benzene rings is 1. The van der Waals surface area contributed by atoms with E-state index in [0.29, 0.717) is 16.8 Å². The predicted octanol–water partition coefficient (Wildman–Crippen LogP) is 3.13. The molecule has 2 aromatic heterocycles. The summed E-state index contributed by atoms with van der Waals surface area (Å²) in [6, 6.07) is 8.16. The highest BCUT2D eigenvalue weighted by Crippen LogP contribution is 2.24. The van der Waals surface area contributed by atoms with Gasteiger partial charge in [-0.2, -0.15) is 0 Å². The van der Waals surface area contributed by atoms with Gasteiger partial charge in [-0.3, -0.25) is 0 Å². The first-order valence-electron chi connectivity index (χ1n) is 6.08. The van der Waals surface area contributed by atoms with Crippen LogP contribution in [0.3, 0.4) is 0 Å². The molecule has 0 spiro atoms. The van der Waals surface area contributed by atoms with Crippen molar-refractivity contribution in [3.8, 4) is 11.3 Å². The molecule has 3 aromatic rings. The third-order valence-corrected chi connectivity index (χ3v) is 3.54. The molecule has 0 bridgehead atoms. The van der Waals surface area contributed by atoms with Gasteiger partial charge in [-0.25, -0.2) is 19.9 Å². The number of aryl methyl sites for hydroxylation is 1. The van der Waals surface area contributed by atoms with E-state index in [-0.39, 0.29) is 0 Å². The molecule has 0 aliphatic heterocycles. The van der Waals surface area contributed by atoms with Crippen LogP contribution in [0.2, 0.25) is 0 Å². The quantitative estimate of drug-likeness (QED) is 0.686. The van der Waals surface area contributed by atoms with Crippen LogP contribution in [0.1, 0.15) is 11.5 Å². The number of aromatic nitrogens is 4. The van der Waals surface area contributed by atoms with Gasteiger partial charge in [0.05, 0.1) is 11.9 Å². The second kappa shape index (κ2) is 5.83. The minimum atomic E-state index is 0.593. The van der Waals surface area contributed by atoms with Gasteiger partial charge in [-0.1, -0.05) is 41.6 Å². The smallest absolute Gasteiger partial charge is 0.205 e. The van der Waals surface area contributed by atoms with E-state index in [1.807, 2.05) is 12.1 Å². The summed E-state index contributed by atoms with van der Waals surface area (Å²) >= 11 is 1.47. The van der Waals surface area contributed by atoms with Crippen LogP contribution in [-0.2, 0) is 5.75 Å². The van der Waals surface area contributed by atoms with Gasteiger partial charge in [0.2, 0.25) is 5.89 Å². The molecule has 6 heteroatoms. The first-order valence-corrected chi connectivity index (χ1v) is 7.06. The molecule has 0 amide bonds. The van der Waals surface area contributed by atoms with Gasteiger partial charge >= 0.3 is 0 Å². The van der Waals surface area contributed by atoms with Gasteiger partial charge < -0.3 is 4.42 Å². The molecular weight excluding hydrogens is 272 g/mol. The third-order valence-electron chi connectivity index (χ3n) is 2.68. The van der Waals surface area contributed by atoms with E-state index in [1.54, 1.807) is 6.20 Å². The summed E-state index contributed by atoms with van der Waals surface area (Å²) in [7, 11) is 0. The molecule has 0 aliphatic carbocycles. The fraction of sp³-hybridized carbons (Fsp3) is 0.143. The van der Waals surface area contributed by atoms with E-state index in [0.717, 1.165) is 11.3 Å². The van der Waals surface area contributed by atoms with E-state index in [1.165, 1.54) is 30.0 Å². The number of rotatable bonds is 4. The topological polar surface area (TPSA) is 64.7 Å². The third kappa shape index (κ3) is 3.03. The molecule has 0 fully saturated rings. The average Bonchev–Trinajstić information content (AvgIpc) is 2.96. The molecule has 0 saturated heterocycles. The van der Waals surface area contributed by atoms with E-state index in [9.17, 15) is 0 Å². The van der Waals surface area contributed by atoms with E-state index in [2.05, 4.69) is 39.0 Å². The van der Waals surface area contributed by atoms with Crippen LogP contribution in [0.5, 0.6) is 0 Å². The molecule has 20 heavy (non-hydrogen) atoms. The van der Waals surface area contributed by atoms with Gasteiger partial charge in [-0.15, -0.1) is 0 Å². The van der Waals surface area contributed by atoms with Crippen molar-refractivity contribution >= 4 is 11.8 Å². The fourth-order valence-corrected chi connectivity index (χ4v) is 2.29. The highest BCUT2D eigenvalue weighted by atomic mass is 32.2. The van der Waals surface area contributed by atoms with Crippen LogP contribution < -0.4 is 0 Å². The average molecular weight is 284 g/mol. The van der Waals surface area contributed by atoms with Crippen LogP contribution in [0.15, 0.2) is 52.7 Å². The van der Waals surface area contributed by atoms with Gasteiger partial charge in [0, 0.05) is 5.56 Å². The van der Waals surface area contributed by atoms with Crippen LogP contribution in [0, 0.1) is 6.92 Å². The van der Waals surface area contributed by atoms with Crippen LogP contribution >= 0.6 is 11.8 Å². The summed E-state index contributed by atoms with van der Waals surface area (Å²) in [6.45, 7) is 2.06. The van der Waals surface area contributed by atoms with Crippen molar-refractivity contribution in [3.05, 3.63) is 54.6 Å². The molecule has 2 heterocycles. The Bertz CT molecular complexity index is 682. The summed E-state index contributed by atoms with van der Waals surface area (Å²) in [6.07, 6.45) is 4.69. The lowest BCUT2D eigenvalue weighted by molar-refractivity contribution is 0.530. The highest BCUT2D eigenvalue weighted by Gasteiger charge is 2.07. The van der Waals surface area contributed by atoms with Crippen molar-refractivity contribution in [3.63, 3.8) is 0 Å². The summed E-state index contributed by atoms with van der Waals surface area (Å²) in [5.41, 5.74) is 2.25. The van der Waals surface area contributed by atoms with Gasteiger partial charge in [0.1, 0.15) is 12.7 Å². The molecule has 0 aliphatic rings. The Balaban J connectivity index is 1.69. The van der Waals surface area contributed by atoms with Crippen molar-refractivity contribution in [1.29, 1.82) is 0 Å². The SMILES string of the molecule is Cc1ccc(-c2cnc(CSc3ncncn3)o2)cc1. The lowest BCUT2D eigenvalue weighted by Gasteiger charge is -1.97. The van der Waals surface area contributed by atoms with E-state index >= 15 is 0 Å². The second-order valence-electron chi connectivity index (χ2n) is 4.19. The Morgan fingerprint density at radius 1 is 1.05 bits per heavy atom. The van der Waals surface area contributed by atoms with Crippen LogP contribution in [0.4, 0.5) is 0 Å². The van der Waals surface area contributed by atoms with Crippen molar-refractivity contribution in [2.24, 2.45) is 0 Å². The molecule has 0 unspecified atom stereocenters. The number of nitrogens with zero attached hydrogens (tertiary/aromatic N) is 4. The molecule has 3 rings (SSSR count). The Morgan fingerprint density at radius 2 is 1.80 bits per heavy atom. The number of thioether (sulfide) groups is 1. The zero-order valence-corrected chi connectivity index (χ0v) is 11.7. The van der Waals surface area contributed by atoms with Crippen molar-refractivity contribution < 1.29 is 4.42 Å². The van der Waals surface area contributed by atoms with Gasteiger partial charge in [0.25, 0.3) is 0 Å². The zero-order valence-electron chi connectivity index (χ0n) is 10.9. The Morgan fingerprint density at radius 3 is 2.55 bits per heavy atom. The van der Waals surface area contributed by atoms with E-state index in [4.69, 9.17) is 4.42 Å². The Kier molecular flexibility index (Phi) is 3.73. The molecule has 0 radical (unpaired) electrons. The molecule has 0 N–H and O–H groups in total. The fourth-order valence-electron chi connectivity index (χ4n) is 1.66. The molecular formula is C14H12N4OS. The maximum atomic E-state index is 5.73. The molecule has 0 atom stereocenters. The zero-order chi connectivity index (χ0) is 13.8. The minimum absolute atomic E-state index is 0.593. The van der Waals surface area contributed by atoms with Crippen molar-refractivity contribution in [1.82, 2.24) is 19.9 Å². The standard InChI is InChI=1S/C14H12N4OS/c1-10-2-4-11(5-3-10)12-6-16-13(19-12)7-20-14-17-8-15-9-18-14/h2-6,8-9H,7H2,1H3. The van der Waals surface area contributed by atoms with Crippen LogP contribution in [0.25, 0.3) is 11.3 Å². The molecule has 0 saturated carbocycles. The second-order valence-corrected chi connectivity index (χ2v) is 5.14. The van der Waals surface area contributed by atoms with Crippen molar-refractivity contribution in [2.45, 2.75) is 17.8 Å². The summed E-state index contributed by atoms with van der Waals surface area (Å²) in [5, 5.41) is 0.662. The minimum Gasteiger partial charge on any atom is -0.440 e. The maximum Gasteiger partial charge on any atom is 0.205 e. The van der Waals surface area contributed by atoms with Gasteiger partial charge in [0.15, 0.2) is 10.9 Å². The lowest BCUT2D eigenvalue weighted by atomic mass is 10.1. The molecule has 5 nitrogen and oxygen atoms in total. The normalized spacial score (nSPS) is 10.7. The molecule has 1 aromatic carbocycles. The summed E-state index contributed by atoms with van der Waals surface area (Å²) in [4.78, 5) is 16.1. The maximum absolute atomic E-state index is 5.73. The summed E-state index contributed by atoms with van der Waals surface area (Å²) in [5.74, 6) is 2.03. The first-order chi connectivity index (χ1) is 9.81. The first kappa shape index (κ1) is 12.8. The largest absolute Gasteiger partial charge is 0.440 e. The monoisotopic (exact) mass is 284 g/mol. The highest BCUT2D eigenvalue weighted by molar-refractivity contribution is 7.98. The number of oxazole rings is 1.